The number of fused-ring (bicyclic) bond motifs is 1. The number of alkyl halides is 3. The zero-order valence-corrected chi connectivity index (χ0v) is 16.7. The first-order valence-electron chi connectivity index (χ1n) is 9.47. The summed E-state index contributed by atoms with van der Waals surface area (Å²) < 4.78 is 58.4. The molecule has 4 rings (SSSR count). The van der Waals surface area contributed by atoms with E-state index in [1.165, 1.54) is 18.5 Å². The number of ether oxygens (including phenoxy) is 1. The molecule has 4 aromatic rings. The van der Waals surface area contributed by atoms with Gasteiger partial charge >= 0.3 is 6.18 Å². The lowest BCUT2D eigenvalue weighted by Crippen LogP contribution is -2.13. The first-order chi connectivity index (χ1) is 15.7. The van der Waals surface area contributed by atoms with Crippen LogP contribution in [0.3, 0.4) is 0 Å². The Bertz CT molecular complexity index is 1340. The number of nitrogens with one attached hydrogen (secondary N) is 1. The smallest absolute Gasteiger partial charge is 0.416 e. The van der Waals surface area contributed by atoms with Crippen LogP contribution in [0.25, 0.3) is 10.9 Å². The lowest BCUT2D eigenvalue weighted by molar-refractivity contribution is -0.137. The first kappa shape index (κ1) is 21.9. The molecule has 168 valence electrons. The topological polar surface area (TPSA) is 103 Å². The monoisotopic (exact) mass is 457 g/mol. The molecular weight excluding hydrogens is 442 g/mol. The van der Waals surface area contributed by atoms with Crippen molar-refractivity contribution in [2.45, 2.75) is 12.8 Å². The van der Waals surface area contributed by atoms with Crippen LogP contribution in [0.5, 0.6) is 5.75 Å². The van der Waals surface area contributed by atoms with Crippen molar-refractivity contribution in [3.8, 4) is 5.75 Å². The minimum Gasteiger partial charge on any atom is -0.489 e. The summed E-state index contributed by atoms with van der Waals surface area (Å²) in [4.78, 5) is 23.3. The summed E-state index contributed by atoms with van der Waals surface area (Å²) in [5.74, 6) is -1.08. The molecule has 0 bridgehead atoms. The van der Waals surface area contributed by atoms with Gasteiger partial charge in [0.05, 0.1) is 16.8 Å². The van der Waals surface area contributed by atoms with Gasteiger partial charge in [0.1, 0.15) is 23.9 Å². The van der Waals surface area contributed by atoms with Crippen molar-refractivity contribution in [3.63, 3.8) is 0 Å². The highest BCUT2D eigenvalue weighted by atomic mass is 19.4. The Morgan fingerprint density at radius 1 is 1.06 bits per heavy atom. The summed E-state index contributed by atoms with van der Waals surface area (Å²) in [6.45, 7) is 0.156. The number of benzene rings is 2. The van der Waals surface area contributed by atoms with Crippen molar-refractivity contribution < 1.29 is 27.1 Å². The fourth-order valence-electron chi connectivity index (χ4n) is 2.94. The second kappa shape index (κ2) is 8.69. The molecule has 0 spiro atoms. The SMILES string of the molecule is NC(=O)c1cc(COc2ccc3nc(Nc4cc(C(F)(F)F)ccc4F)ncc3c2)ccn1. The van der Waals surface area contributed by atoms with E-state index < -0.39 is 29.2 Å². The zero-order valence-electron chi connectivity index (χ0n) is 16.7. The van der Waals surface area contributed by atoms with Gasteiger partial charge in [-0.3, -0.25) is 9.78 Å². The van der Waals surface area contributed by atoms with E-state index in [-0.39, 0.29) is 18.2 Å². The fraction of sp³-hybridized carbons (Fsp3) is 0.0909. The van der Waals surface area contributed by atoms with Crippen molar-refractivity contribution in [1.82, 2.24) is 15.0 Å². The van der Waals surface area contributed by atoms with Crippen LogP contribution in [-0.2, 0) is 12.8 Å². The average molecular weight is 457 g/mol. The summed E-state index contributed by atoms with van der Waals surface area (Å²) >= 11 is 0. The molecule has 0 aliphatic carbocycles. The number of nitrogens with two attached hydrogens (primary N) is 1. The van der Waals surface area contributed by atoms with E-state index in [2.05, 4.69) is 20.3 Å². The van der Waals surface area contributed by atoms with Crippen LogP contribution in [0.4, 0.5) is 29.2 Å². The number of rotatable bonds is 6. The van der Waals surface area contributed by atoms with Gasteiger partial charge in [0.25, 0.3) is 5.91 Å². The van der Waals surface area contributed by atoms with Gasteiger partial charge in [-0.1, -0.05) is 0 Å². The van der Waals surface area contributed by atoms with Crippen LogP contribution >= 0.6 is 0 Å². The molecule has 0 atom stereocenters. The Morgan fingerprint density at radius 2 is 1.88 bits per heavy atom. The molecule has 2 heterocycles. The lowest BCUT2D eigenvalue weighted by atomic mass is 10.2. The number of primary amides is 1. The number of pyridine rings is 1. The molecule has 7 nitrogen and oxygen atoms in total. The van der Waals surface area contributed by atoms with Gasteiger partial charge in [0.2, 0.25) is 5.95 Å². The van der Waals surface area contributed by atoms with Gasteiger partial charge in [0.15, 0.2) is 0 Å². The molecule has 0 saturated carbocycles. The highest BCUT2D eigenvalue weighted by molar-refractivity contribution is 5.90. The third kappa shape index (κ3) is 5.14. The molecular formula is C22H15F4N5O2. The quantitative estimate of drug-likeness (QED) is 0.410. The van der Waals surface area contributed by atoms with E-state index in [9.17, 15) is 22.4 Å². The number of hydrogen-bond acceptors (Lipinski definition) is 6. The van der Waals surface area contributed by atoms with E-state index in [1.807, 2.05) is 0 Å². The number of carbonyl (C=O) groups is 1. The van der Waals surface area contributed by atoms with Gasteiger partial charge in [-0.05, 0) is 54.1 Å². The van der Waals surface area contributed by atoms with Gasteiger partial charge in [-0.2, -0.15) is 13.2 Å². The molecule has 2 aromatic heterocycles. The normalized spacial score (nSPS) is 11.4. The summed E-state index contributed by atoms with van der Waals surface area (Å²) in [6, 6.07) is 10.2. The van der Waals surface area contributed by atoms with Crippen LogP contribution in [0.2, 0.25) is 0 Å². The van der Waals surface area contributed by atoms with Crippen molar-refractivity contribution in [1.29, 1.82) is 0 Å². The third-order valence-electron chi connectivity index (χ3n) is 4.57. The van der Waals surface area contributed by atoms with Crippen LogP contribution in [0, 0.1) is 5.82 Å². The number of aromatic nitrogens is 3. The summed E-state index contributed by atoms with van der Waals surface area (Å²) in [6.07, 6.45) is -1.72. The minimum atomic E-state index is -4.61. The first-order valence-corrected chi connectivity index (χ1v) is 9.47. The summed E-state index contributed by atoms with van der Waals surface area (Å²) in [5.41, 5.74) is 5.11. The third-order valence-corrected chi connectivity index (χ3v) is 4.57. The summed E-state index contributed by atoms with van der Waals surface area (Å²) in [5, 5.41) is 3.07. The number of halogens is 4. The Kier molecular flexibility index (Phi) is 5.78. The Labute approximate surface area is 184 Å². The maximum atomic E-state index is 14.0. The van der Waals surface area contributed by atoms with Gasteiger partial charge < -0.3 is 15.8 Å². The van der Waals surface area contributed by atoms with E-state index in [1.54, 1.807) is 24.3 Å². The highest BCUT2D eigenvalue weighted by Gasteiger charge is 2.31. The van der Waals surface area contributed by atoms with E-state index in [4.69, 9.17) is 10.5 Å². The number of amides is 1. The molecule has 0 radical (unpaired) electrons. The van der Waals surface area contributed by atoms with Gasteiger partial charge in [-0.15, -0.1) is 0 Å². The minimum absolute atomic E-state index is 0.0647. The molecule has 0 aliphatic rings. The summed E-state index contributed by atoms with van der Waals surface area (Å²) in [7, 11) is 0. The maximum absolute atomic E-state index is 14.0. The number of hydrogen-bond donors (Lipinski definition) is 2. The highest BCUT2D eigenvalue weighted by Crippen LogP contribution is 2.32. The van der Waals surface area contributed by atoms with Crippen LogP contribution < -0.4 is 15.8 Å². The zero-order chi connectivity index (χ0) is 23.6. The predicted molar refractivity (Wildman–Crippen MR) is 111 cm³/mol. The largest absolute Gasteiger partial charge is 0.489 e. The number of nitrogens with zero attached hydrogens (tertiary/aromatic N) is 3. The molecule has 2 aromatic carbocycles. The molecule has 33 heavy (non-hydrogen) atoms. The Hall–Kier alpha value is -4.28. The van der Waals surface area contributed by atoms with E-state index >= 15 is 0 Å². The van der Waals surface area contributed by atoms with Crippen molar-refractivity contribution in [3.05, 3.63) is 83.6 Å². The van der Waals surface area contributed by atoms with Crippen molar-refractivity contribution in [2.75, 3.05) is 5.32 Å². The predicted octanol–water partition coefficient (Wildman–Crippen LogP) is 4.60. The van der Waals surface area contributed by atoms with Crippen LogP contribution in [-0.4, -0.2) is 20.9 Å². The molecule has 0 fully saturated rings. The lowest BCUT2D eigenvalue weighted by Gasteiger charge is -2.11. The van der Waals surface area contributed by atoms with E-state index in [0.29, 0.717) is 34.3 Å². The Balaban J connectivity index is 1.50. The number of anilines is 2. The molecule has 0 saturated heterocycles. The molecule has 3 N–H and O–H groups in total. The second-order valence-corrected chi connectivity index (χ2v) is 6.93. The van der Waals surface area contributed by atoms with Crippen molar-refractivity contribution in [2.24, 2.45) is 5.73 Å². The van der Waals surface area contributed by atoms with E-state index in [0.717, 1.165) is 6.07 Å². The van der Waals surface area contributed by atoms with Gasteiger partial charge in [0, 0.05) is 17.8 Å². The second-order valence-electron chi connectivity index (χ2n) is 6.93. The van der Waals surface area contributed by atoms with Crippen LogP contribution in [0.1, 0.15) is 21.6 Å². The molecule has 0 aliphatic heterocycles. The standard InChI is InChI=1S/C22H15F4N5O2/c23-16-3-1-14(22(24,25)26)9-18(16)31-21-29-10-13-8-15(2-4-17(13)30-21)33-11-12-5-6-28-19(7-12)20(27)32/h1-10H,11H2,(H2,27,32)(H,29,30,31). The average Bonchev–Trinajstić information content (AvgIpc) is 2.78. The van der Waals surface area contributed by atoms with Crippen molar-refractivity contribution >= 4 is 28.4 Å². The van der Waals surface area contributed by atoms with Gasteiger partial charge in [-0.25, -0.2) is 14.4 Å². The molecule has 11 heteroatoms. The molecule has 0 unspecified atom stereocenters. The number of carbonyl (C=O) groups excluding carboxylic acids is 1. The van der Waals surface area contributed by atoms with Crippen LogP contribution in [0.15, 0.2) is 60.9 Å². The maximum Gasteiger partial charge on any atom is 0.416 e. The molecule has 1 amide bonds. The Morgan fingerprint density at radius 3 is 2.64 bits per heavy atom. The fourth-order valence-corrected chi connectivity index (χ4v) is 2.94.